The molecule has 2 rings (SSSR count). The predicted molar refractivity (Wildman–Crippen MR) is 61.0 cm³/mol. The highest BCUT2D eigenvalue weighted by molar-refractivity contribution is 8.00. The Bertz CT molecular complexity index is 299. The first-order valence-electron chi connectivity index (χ1n) is 4.86. The summed E-state index contributed by atoms with van der Waals surface area (Å²) in [4.78, 5) is 1.19. The van der Waals surface area contributed by atoms with Crippen LogP contribution in [0.1, 0.15) is 19.3 Å². The van der Waals surface area contributed by atoms with Crippen LogP contribution < -0.4 is 0 Å². The molecule has 14 heavy (non-hydrogen) atoms. The highest BCUT2D eigenvalue weighted by Gasteiger charge is 2.25. The third-order valence-electron chi connectivity index (χ3n) is 2.52. The number of rotatable bonds is 2. The number of thioether (sulfide) groups is 1. The van der Waals surface area contributed by atoms with E-state index in [4.69, 9.17) is 11.6 Å². The molecule has 1 fully saturated rings. The van der Waals surface area contributed by atoms with E-state index < -0.39 is 0 Å². The summed E-state index contributed by atoms with van der Waals surface area (Å²) < 4.78 is 0. The molecule has 0 radical (unpaired) electrons. The number of aliphatic hydroxyl groups is 1. The van der Waals surface area contributed by atoms with E-state index in [1.54, 1.807) is 11.8 Å². The minimum absolute atomic E-state index is 0.129. The van der Waals surface area contributed by atoms with Crippen molar-refractivity contribution in [2.45, 2.75) is 35.5 Å². The molecule has 0 spiro atoms. The second kappa shape index (κ2) is 4.56. The minimum Gasteiger partial charge on any atom is -0.392 e. The fourth-order valence-electron chi connectivity index (χ4n) is 1.73. The van der Waals surface area contributed by atoms with Crippen molar-refractivity contribution in [3.8, 4) is 0 Å². The molecule has 0 aliphatic heterocycles. The average Bonchev–Trinajstić information content (AvgIpc) is 2.56. The molecule has 76 valence electrons. The summed E-state index contributed by atoms with van der Waals surface area (Å²) in [5.74, 6) is 0. The maximum atomic E-state index is 9.66. The third-order valence-corrected chi connectivity index (χ3v) is 4.17. The molecule has 0 aromatic heterocycles. The van der Waals surface area contributed by atoms with E-state index in [1.165, 1.54) is 4.90 Å². The Hall–Kier alpha value is -0.180. The van der Waals surface area contributed by atoms with Gasteiger partial charge in [-0.05, 0) is 43.5 Å². The molecular weight excluding hydrogens is 216 g/mol. The minimum atomic E-state index is -0.129. The Morgan fingerprint density at radius 3 is 2.50 bits per heavy atom. The highest BCUT2D eigenvalue weighted by atomic mass is 35.5. The van der Waals surface area contributed by atoms with Gasteiger partial charge in [0.2, 0.25) is 0 Å². The molecule has 1 N–H and O–H groups in total. The van der Waals surface area contributed by atoms with E-state index in [0.717, 1.165) is 24.3 Å². The first kappa shape index (κ1) is 10.3. The quantitative estimate of drug-likeness (QED) is 0.838. The van der Waals surface area contributed by atoms with Crippen LogP contribution >= 0.6 is 23.4 Å². The lowest BCUT2D eigenvalue weighted by Crippen LogP contribution is -2.14. The van der Waals surface area contributed by atoms with E-state index in [0.29, 0.717) is 5.25 Å². The molecule has 2 atom stereocenters. The molecule has 1 saturated carbocycles. The molecule has 0 saturated heterocycles. The maximum Gasteiger partial charge on any atom is 0.0662 e. The predicted octanol–water partition coefficient (Wildman–Crippen LogP) is 3.35. The molecule has 1 aliphatic carbocycles. The molecular formula is C11H13ClOS. The third kappa shape index (κ3) is 2.44. The van der Waals surface area contributed by atoms with Crippen LogP contribution in [0.25, 0.3) is 0 Å². The van der Waals surface area contributed by atoms with Crippen molar-refractivity contribution in [1.29, 1.82) is 0 Å². The summed E-state index contributed by atoms with van der Waals surface area (Å²) in [5, 5.41) is 10.8. The second-order valence-corrected chi connectivity index (χ2v) is 5.36. The van der Waals surface area contributed by atoms with E-state index in [2.05, 4.69) is 0 Å². The van der Waals surface area contributed by atoms with Gasteiger partial charge in [-0.1, -0.05) is 11.6 Å². The Kier molecular flexibility index (Phi) is 3.37. The van der Waals surface area contributed by atoms with Gasteiger partial charge in [0.15, 0.2) is 0 Å². The van der Waals surface area contributed by atoms with Crippen LogP contribution in [-0.4, -0.2) is 16.5 Å². The Balaban J connectivity index is 2.00. The lowest BCUT2D eigenvalue weighted by Gasteiger charge is -2.13. The van der Waals surface area contributed by atoms with Gasteiger partial charge in [0.05, 0.1) is 6.10 Å². The van der Waals surface area contributed by atoms with Gasteiger partial charge in [-0.2, -0.15) is 0 Å². The topological polar surface area (TPSA) is 20.2 Å². The summed E-state index contributed by atoms with van der Waals surface area (Å²) in [5.41, 5.74) is 0. The molecule has 1 nitrogen and oxygen atoms in total. The lowest BCUT2D eigenvalue weighted by atomic mass is 10.3. The van der Waals surface area contributed by atoms with E-state index in [-0.39, 0.29) is 6.10 Å². The van der Waals surface area contributed by atoms with E-state index in [1.807, 2.05) is 24.3 Å². The monoisotopic (exact) mass is 228 g/mol. The summed E-state index contributed by atoms with van der Waals surface area (Å²) >= 11 is 7.56. The molecule has 1 aromatic rings. The number of benzene rings is 1. The van der Waals surface area contributed by atoms with Crippen LogP contribution in [0.3, 0.4) is 0 Å². The van der Waals surface area contributed by atoms with Crippen molar-refractivity contribution >= 4 is 23.4 Å². The number of aliphatic hydroxyl groups excluding tert-OH is 1. The normalized spacial score (nSPS) is 26.7. The van der Waals surface area contributed by atoms with Gasteiger partial charge in [-0.25, -0.2) is 0 Å². The van der Waals surface area contributed by atoms with Crippen LogP contribution in [0.5, 0.6) is 0 Å². The van der Waals surface area contributed by atoms with Gasteiger partial charge < -0.3 is 5.11 Å². The zero-order chi connectivity index (χ0) is 9.97. The second-order valence-electron chi connectivity index (χ2n) is 3.61. The van der Waals surface area contributed by atoms with Crippen LogP contribution in [0, 0.1) is 0 Å². The lowest BCUT2D eigenvalue weighted by molar-refractivity contribution is 0.188. The number of halogens is 1. The molecule has 0 bridgehead atoms. The first-order chi connectivity index (χ1) is 6.75. The standard InChI is InChI=1S/C11H13ClOS/c12-8-4-6-9(7-5-8)14-11-3-1-2-10(11)13/h4-7,10-11,13H,1-3H2/t10-,11-/m0/s1. The molecule has 3 heteroatoms. The van der Waals surface area contributed by atoms with Crippen LogP contribution in [0.2, 0.25) is 5.02 Å². The summed E-state index contributed by atoms with van der Waals surface area (Å²) in [7, 11) is 0. The Morgan fingerprint density at radius 2 is 1.93 bits per heavy atom. The van der Waals surface area contributed by atoms with Crippen molar-refractivity contribution < 1.29 is 5.11 Å². The molecule has 0 heterocycles. The Labute approximate surface area is 93.5 Å². The SMILES string of the molecule is O[C@H]1CCC[C@@H]1Sc1ccc(Cl)cc1. The van der Waals surface area contributed by atoms with Gasteiger partial charge in [-0.3, -0.25) is 0 Å². The Morgan fingerprint density at radius 1 is 1.21 bits per heavy atom. The molecule has 1 aliphatic rings. The van der Waals surface area contributed by atoms with Gasteiger partial charge in [0.1, 0.15) is 0 Å². The first-order valence-corrected chi connectivity index (χ1v) is 6.12. The molecule has 1 aromatic carbocycles. The zero-order valence-corrected chi connectivity index (χ0v) is 9.39. The van der Waals surface area contributed by atoms with Crippen molar-refractivity contribution in [2.24, 2.45) is 0 Å². The zero-order valence-electron chi connectivity index (χ0n) is 7.82. The van der Waals surface area contributed by atoms with Crippen molar-refractivity contribution in [3.63, 3.8) is 0 Å². The van der Waals surface area contributed by atoms with Crippen molar-refractivity contribution in [3.05, 3.63) is 29.3 Å². The van der Waals surface area contributed by atoms with Crippen LogP contribution in [0.4, 0.5) is 0 Å². The van der Waals surface area contributed by atoms with E-state index in [9.17, 15) is 5.11 Å². The van der Waals surface area contributed by atoms with Crippen molar-refractivity contribution in [2.75, 3.05) is 0 Å². The summed E-state index contributed by atoms with van der Waals surface area (Å²) in [6.45, 7) is 0. The smallest absolute Gasteiger partial charge is 0.0662 e. The summed E-state index contributed by atoms with van der Waals surface area (Å²) in [6, 6.07) is 7.81. The average molecular weight is 229 g/mol. The molecule has 0 amide bonds. The van der Waals surface area contributed by atoms with Gasteiger partial charge in [0, 0.05) is 15.2 Å². The van der Waals surface area contributed by atoms with Gasteiger partial charge >= 0.3 is 0 Å². The maximum absolute atomic E-state index is 9.66. The summed E-state index contributed by atoms with van der Waals surface area (Å²) in [6.07, 6.45) is 3.09. The highest BCUT2D eigenvalue weighted by Crippen LogP contribution is 2.35. The number of hydrogen-bond donors (Lipinski definition) is 1. The van der Waals surface area contributed by atoms with Crippen LogP contribution in [0.15, 0.2) is 29.2 Å². The fourth-order valence-corrected chi connectivity index (χ4v) is 3.08. The van der Waals surface area contributed by atoms with Crippen molar-refractivity contribution in [1.82, 2.24) is 0 Å². The van der Waals surface area contributed by atoms with Crippen LogP contribution in [-0.2, 0) is 0 Å². The number of hydrogen-bond acceptors (Lipinski definition) is 2. The molecule has 0 unspecified atom stereocenters. The largest absolute Gasteiger partial charge is 0.392 e. The van der Waals surface area contributed by atoms with Gasteiger partial charge in [0.25, 0.3) is 0 Å². The van der Waals surface area contributed by atoms with E-state index >= 15 is 0 Å². The fraction of sp³-hybridized carbons (Fsp3) is 0.455. The van der Waals surface area contributed by atoms with Gasteiger partial charge in [-0.15, -0.1) is 11.8 Å².